The second-order valence-electron chi connectivity index (χ2n) is 3.50. The van der Waals surface area contributed by atoms with Gasteiger partial charge in [-0.3, -0.25) is 0 Å². The molecule has 2 aromatic carbocycles. The number of phenolic OH excluding ortho intramolecular Hbond substituents is 1. The van der Waals surface area contributed by atoms with E-state index < -0.39 is 0 Å². The number of rotatable bonds is 1. The molecule has 0 aliphatic rings. The van der Waals surface area contributed by atoms with E-state index in [1.807, 2.05) is 37.3 Å². The minimum absolute atomic E-state index is 0.302. The number of benzene rings is 2. The van der Waals surface area contributed by atoms with Crippen LogP contribution >= 0.6 is 0 Å². The maximum absolute atomic E-state index is 9.72. The van der Waals surface area contributed by atoms with Crippen LogP contribution < -0.4 is 0 Å². The van der Waals surface area contributed by atoms with Crippen LogP contribution in [-0.2, 0) is 0 Å². The Morgan fingerprint density at radius 3 is 2.29 bits per heavy atom. The van der Waals surface area contributed by atoms with E-state index in [0.717, 1.165) is 21.9 Å². The van der Waals surface area contributed by atoms with Crippen LogP contribution in [-0.4, -0.2) is 5.11 Å². The summed E-state index contributed by atoms with van der Waals surface area (Å²) in [6.07, 6.45) is 0. The van der Waals surface area contributed by atoms with Gasteiger partial charge in [-0.25, -0.2) is 0 Å². The number of aromatic hydroxyl groups is 1. The van der Waals surface area contributed by atoms with Gasteiger partial charge in [-0.05, 0) is 35.4 Å². The number of allylic oxidation sites excluding steroid dienone is 1. The highest BCUT2D eigenvalue weighted by Crippen LogP contribution is 2.28. The Balaban J connectivity index is 2.77. The van der Waals surface area contributed by atoms with Gasteiger partial charge in [0.2, 0.25) is 0 Å². The van der Waals surface area contributed by atoms with Crippen LogP contribution in [0, 0.1) is 0 Å². The van der Waals surface area contributed by atoms with Crippen molar-refractivity contribution in [3.05, 3.63) is 48.5 Å². The third kappa shape index (κ3) is 1.37. The molecule has 2 rings (SSSR count). The molecule has 2 aromatic rings. The number of fused-ring (bicyclic) bond motifs is 1. The maximum Gasteiger partial charge on any atom is 0.123 e. The summed E-state index contributed by atoms with van der Waals surface area (Å²) in [5.74, 6) is 0.302. The van der Waals surface area contributed by atoms with Crippen molar-refractivity contribution < 1.29 is 5.11 Å². The van der Waals surface area contributed by atoms with Gasteiger partial charge in [0, 0.05) is 5.56 Å². The van der Waals surface area contributed by atoms with Crippen LogP contribution in [0.1, 0.15) is 12.5 Å². The van der Waals surface area contributed by atoms with Crippen molar-refractivity contribution in [3.63, 3.8) is 0 Å². The highest BCUT2D eigenvalue weighted by Gasteiger charge is 2.03. The Hall–Kier alpha value is -1.76. The summed E-state index contributed by atoms with van der Waals surface area (Å²) in [5, 5.41) is 11.9. The number of hydrogen-bond acceptors (Lipinski definition) is 1. The Labute approximate surface area is 83.3 Å². The molecule has 70 valence electrons. The van der Waals surface area contributed by atoms with E-state index in [9.17, 15) is 5.11 Å². The fourth-order valence-electron chi connectivity index (χ4n) is 1.57. The Morgan fingerprint density at radius 1 is 1.14 bits per heavy atom. The lowest BCUT2D eigenvalue weighted by atomic mass is 10.0. The van der Waals surface area contributed by atoms with E-state index >= 15 is 0 Å². The molecule has 14 heavy (non-hydrogen) atoms. The minimum atomic E-state index is 0.302. The second kappa shape index (κ2) is 3.18. The van der Waals surface area contributed by atoms with Gasteiger partial charge in [0.05, 0.1) is 0 Å². The SMILES string of the molecule is C=C(C)c1cc2ccccc2cc1O. The van der Waals surface area contributed by atoms with Gasteiger partial charge in [-0.1, -0.05) is 30.8 Å². The van der Waals surface area contributed by atoms with E-state index in [1.165, 1.54) is 0 Å². The Morgan fingerprint density at radius 2 is 1.71 bits per heavy atom. The van der Waals surface area contributed by atoms with Crippen molar-refractivity contribution in [3.8, 4) is 5.75 Å². The molecule has 0 saturated heterocycles. The van der Waals surface area contributed by atoms with Crippen LogP contribution in [0.25, 0.3) is 16.3 Å². The van der Waals surface area contributed by atoms with E-state index in [1.54, 1.807) is 6.07 Å². The standard InChI is InChI=1S/C13H12O/c1-9(2)12-7-10-5-3-4-6-11(10)8-13(12)14/h3-8,14H,1H2,2H3. The molecule has 1 heteroatoms. The van der Waals surface area contributed by atoms with Gasteiger partial charge in [-0.15, -0.1) is 0 Å². The fourth-order valence-corrected chi connectivity index (χ4v) is 1.57. The predicted molar refractivity (Wildman–Crippen MR) is 60.3 cm³/mol. The number of hydrogen-bond donors (Lipinski definition) is 1. The molecule has 0 radical (unpaired) electrons. The lowest BCUT2D eigenvalue weighted by molar-refractivity contribution is 0.474. The smallest absolute Gasteiger partial charge is 0.123 e. The summed E-state index contributed by atoms with van der Waals surface area (Å²) in [4.78, 5) is 0. The quantitative estimate of drug-likeness (QED) is 0.718. The van der Waals surface area contributed by atoms with Crippen molar-refractivity contribution in [2.75, 3.05) is 0 Å². The molecule has 0 fully saturated rings. The zero-order valence-corrected chi connectivity index (χ0v) is 8.12. The number of phenols is 1. The van der Waals surface area contributed by atoms with E-state index in [0.29, 0.717) is 5.75 Å². The fraction of sp³-hybridized carbons (Fsp3) is 0.0769. The summed E-state index contributed by atoms with van der Waals surface area (Å²) < 4.78 is 0. The molecule has 1 N–H and O–H groups in total. The van der Waals surface area contributed by atoms with Gasteiger partial charge >= 0.3 is 0 Å². The summed E-state index contributed by atoms with van der Waals surface area (Å²) in [7, 11) is 0. The first-order valence-corrected chi connectivity index (χ1v) is 4.56. The zero-order chi connectivity index (χ0) is 10.1. The molecular weight excluding hydrogens is 172 g/mol. The van der Waals surface area contributed by atoms with Gasteiger partial charge < -0.3 is 5.11 Å². The zero-order valence-electron chi connectivity index (χ0n) is 8.12. The van der Waals surface area contributed by atoms with E-state index in [-0.39, 0.29) is 0 Å². The highest BCUT2D eigenvalue weighted by atomic mass is 16.3. The molecule has 0 aromatic heterocycles. The van der Waals surface area contributed by atoms with Crippen molar-refractivity contribution in [2.45, 2.75) is 6.92 Å². The first-order valence-electron chi connectivity index (χ1n) is 4.56. The third-order valence-corrected chi connectivity index (χ3v) is 2.32. The van der Waals surface area contributed by atoms with Crippen molar-refractivity contribution >= 4 is 16.3 Å². The Kier molecular flexibility index (Phi) is 2.01. The van der Waals surface area contributed by atoms with Crippen LogP contribution in [0.4, 0.5) is 0 Å². The molecule has 0 unspecified atom stereocenters. The first-order chi connectivity index (χ1) is 6.68. The topological polar surface area (TPSA) is 20.2 Å². The molecule has 0 amide bonds. The van der Waals surface area contributed by atoms with Gasteiger partial charge in [-0.2, -0.15) is 0 Å². The molecular formula is C13H12O. The van der Waals surface area contributed by atoms with Gasteiger partial charge in [0.15, 0.2) is 0 Å². The van der Waals surface area contributed by atoms with E-state index in [4.69, 9.17) is 0 Å². The highest BCUT2D eigenvalue weighted by molar-refractivity contribution is 5.88. The molecule has 0 aliphatic carbocycles. The summed E-state index contributed by atoms with van der Waals surface area (Å²) >= 11 is 0. The molecule has 0 saturated carbocycles. The minimum Gasteiger partial charge on any atom is -0.507 e. The molecule has 0 atom stereocenters. The van der Waals surface area contributed by atoms with Crippen LogP contribution in [0.3, 0.4) is 0 Å². The second-order valence-corrected chi connectivity index (χ2v) is 3.50. The van der Waals surface area contributed by atoms with Crippen LogP contribution in [0.2, 0.25) is 0 Å². The molecule has 0 heterocycles. The van der Waals surface area contributed by atoms with Crippen LogP contribution in [0.15, 0.2) is 43.0 Å². The Bertz CT molecular complexity index is 498. The average molecular weight is 184 g/mol. The summed E-state index contributed by atoms with van der Waals surface area (Å²) in [5.41, 5.74) is 1.71. The predicted octanol–water partition coefficient (Wildman–Crippen LogP) is 3.58. The van der Waals surface area contributed by atoms with Crippen molar-refractivity contribution in [1.29, 1.82) is 0 Å². The largest absolute Gasteiger partial charge is 0.507 e. The summed E-state index contributed by atoms with van der Waals surface area (Å²) in [6, 6.07) is 11.7. The molecule has 0 spiro atoms. The normalized spacial score (nSPS) is 10.4. The van der Waals surface area contributed by atoms with Gasteiger partial charge in [0.1, 0.15) is 5.75 Å². The summed E-state index contributed by atoms with van der Waals surface area (Å²) in [6.45, 7) is 5.73. The monoisotopic (exact) mass is 184 g/mol. The van der Waals surface area contributed by atoms with Gasteiger partial charge in [0.25, 0.3) is 0 Å². The average Bonchev–Trinajstić information content (AvgIpc) is 2.16. The lowest BCUT2D eigenvalue weighted by Gasteiger charge is -2.05. The molecule has 0 aliphatic heterocycles. The lowest BCUT2D eigenvalue weighted by Crippen LogP contribution is -1.81. The van der Waals surface area contributed by atoms with Crippen molar-refractivity contribution in [1.82, 2.24) is 0 Å². The maximum atomic E-state index is 9.72. The molecule has 0 bridgehead atoms. The van der Waals surface area contributed by atoms with Crippen molar-refractivity contribution in [2.24, 2.45) is 0 Å². The third-order valence-electron chi connectivity index (χ3n) is 2.32. The molecule has 1 nitrogen and oxygen atoms in total. The van der Waals surface area contributed by atoms with Crippen LogP contribution in [0.5, 0.6) is 5.75 Å². The first kappa shape index (κ1) is 8.82. The van der Waals surface area contributed by atoms with E-state index in [2.05, 4.69) is 6.58 Å².